The summed E-state index contributed by atoms with van der Waals surface area (Å²) in [6, 6.07) is 12.9. The maximum atomic E-state index is 12.3. The molecule has 1 aliphatic rings. The average molecular weight is 458 g/mol. The summed E-state index contributed by atoms with van der Waals surface area (Å²) in [5.74, 6) is 0.811. The Labute approximate surface area is 192 Å². The van der Waals surface area contributed by atoms with Crippen LogP contribution in [0.25, 0.3) is 10.9 Å². The first-order chi connectivity index (χ1) is 14.9. The number of carbonyl (C=O) groups is 1. The number of aromatic nitrogens is 1. The maximum absolute atomic E-state index is 12.3. The fourth-order valence-electron chi connectivity index (χ4n) is 4.07. The summed E-state index contributed by atoms with van der Waals surface area (Å²) in [4.78, 5) is 19.5. The van der Waals surface area contributed by atoms with E-state index in [1.165, 1.54) is 17.7 Å². The predicted octanol–water partition coefficient (Wildman–Crippen LogP) is 5.23. The van der Waals surface area contributed by atoms with E-state index in [4.69, 9.17) is 32.9 Å². The van der Waals surface area contributed by atoms with Gasteiger partial charge in [0.25, 0.3) is 5.91 Å². The monoisotopic (exact) mass is 457 g/mol. The maximum Gasteiger partial charge on any atom is 0.262 e. The van der Waals surface area contributed by atoms with Crippen LogP contribution >= 0.6 is 23.2 Å². The number of pyridine rings is 1. The molecule has 2 aromatic carbocycles. The highest BCUT2D eigenvalue weighted by atomic mass is 35.5. The zero-order chi connectivity index (χ0) is 22.0. The van der Waals surface area contributed by atoms with Crippen LogP contribution in [0.4, 0.5) is 5.69 Å². The van der Waals surface area contributed by atoms with Crippen molar-refractivity contribution in [2.24, 2.45) is 5.92 Å². The summed E-state index contributed by atoms with van der Waals surface area (Å²) in [6.07, 6.45) is 3.25. The van der Waals surface area contributed by atoms with Gasteiger partial charge in [-0.25, -0.2) is 0 Å². The Morgan fingerprint density at radius 2 is 2.03 bits per heavy atom. The van der Waals surface area contributed by atoms with Crippen LogP contribution in [0.5, 0.6) is 5.75 Å². The standard InChI is InChI=1S/C24H25Cl2N3O2/c1-29(2)13-15-3-4-16-10-17-11-19(6-7-21(17)28-22(16)9-15)27-24(30)14-31-23-8-5-18(25)12-20(23)26/h5-8,10-12,15H,3-4,9,13-14H2,1-2H3,(H,27,30). The molecule has 0 spiro atoms. The van der Waals surface area contributed by atoms with Crippen LogP contribution in [0.2, 0.25) is 10.0 Å². The molecule has 1 aliphatic carbocycles. The second kappa shape index (κ2) is 9.43. The van der Waals surface area contributed by atoms with E-state index in [1.54, 1.807) is 18.2 Å². The summed E-state index contributed by atoms with van der Waals surface area (Å²) < 4.78 is 5.51. The van der Waals surface area contributed by atoms with Gasteiger partial charge in [0.15, 0.2) is 6.61 Å². The molecule has 1 aromatic heterocycles. The fourth-order valence-corrected chi connectivity index (χ4v) is 4.53. The van der Waals surface area contributed by atoms with Crippen LogP contribution in [-0.2, 0) is 17.6 Å². The lowest BCUT2D eigenvalue weighted by Gasteiger charge is -2.26. The highest BCUT2D eigenvalue weighted by molar-refractivity contribution is 6.35. The summed E-state index contributed by atoms with van der Waals surface area (Å²) in [5, 5.41) is 4.80. The van der Waals surface area contributed by atoms with Crippen LogP contribution < -0.4 is 10.1 Å². The van der Waals surface area contributed by atoms with E-state index in [2.05, 4.69) is 30.4 Å². The Morgan fingerprint density at radius 3 is 2.81 bits per heavy atom. The Hall–Kier alpha value is -2.34. The molecule has 1 amide bonds. The lowest BCUT2D eigenvalue weighted by Crippen LogP contribution is -2.27. The molecule has 0 saturated heterocycles. The minimum atomic E-state index is -0.261. The quantitative estimate of drug-likeness (QED) is 0.550. The van der Waals surface area contributed by atoms with Crippen LogP contribution in [0.3, 0.4) is 0 Å². The van der Waals surface area contributed by atoms with Gasteiger partial charge in [-0.1, -0.05) is 23.2 Å². The Bertz CT molecular complexity index is 1120. The van der Waals surface area contributed by atoms with Crippen molar-refractivity contribution >= 4 is 45.7 Å². The van der Waals surface area contributed by atoms with Crippen molar-refractivity contribution in [3.63, 3.8) is 0 Å². The van der Waals surface area contributed by atoms with Gasteiger partial charge in [0.1, 0.15) is 5.75 Å². The zero-order valence-electron chi connectivity index (χ0n) is 17.6. The van der Waals surface area contributed by atoms with Crippen LogP contribution in [-0.4, -0.2) is 43.0 Å². The van der Waals surface area contributed by atoms with E-state index in [9.17, 15) is 4.79 Å². The number of hydrogen-bond acceptors (Lipinski definition) is 4. The minimum absolute atomic E-state index is 0.144. The summed E-state index contributed by atoms with van der Waals surface area (Å²) >= 11 is 12.0. The SMILES string of the molecule is CN(C)CC1CCc2cc3cc(NC(=O)COc4ccc(Cl)cc4Cl)ccc3nc2C1. The lowest BCUT2D eigenvalue weighted by molar-refractivity contribution is -0.118. The lowest BCUT2D eigenvalue weighted by atomic mass is 9.86. The van der Waals surface area contributed by atoms with Crippen molar-refractivity contribution in [1.29, 1.82) is 0 Å². The van der Waals surface area contributed by atoms with Crippen molar-refractivity contribution in [3.8, 4) is 5.75 Å². The molecule has 31 heavy (non-hydrogen) atoms. The average Bonchev–Trinajstić information content (AvgIpc) is 2.71. The van der Waals surface area contributed by atoms with Crippen molar-refractivity contribution in [3.05, 3.63) is 63.8 Å². The number of carbonyl (C=O) groups excluding carboxylic acids is 1. The molecule has 3 aromatic rings. The van der Waals surface area contributed by atoms with Crippen molar-refractivity contribution in [1.82, 2.24) is 9.88 Å². The van der Waals surface area contributed by atoms with Crippen LogP contribution in [0.1, 0.15) is 17.7 Å². The molecule has 0 bridgehead atoms. The molecule has 0 aliphatic heterocycles. The third-order valence-electron chi connectivity index (χ3n) is 5.45. The molecule has 1 heterocycles. The second-order valence-electron chi connectivity index (χ2n) is 8.28. The highest BCUT2D eigenvalue weighted by Crippen LogP contribution is 2.29. The number of amides is 1. The zero-order valence-corrected chi connectivity index (χ0v) is 19.1. The number of anilines is 1. The normalized spacial score (nSPS) is 15.7. The Morgan fingerprint density at radius 1 is 1.19 bits per heavy atom. The molecule has 7 heteroatoms. The van der Waals surface area contributed by atoms with Crippen molar-refractivity contribution in [2.45, 2.75) is 19.3 Å². The molecule has 1 N–H and O–H groups in total. The highest BCUT2D eigenvalue weighted by Gasteiger charge is 2.21. The molecule has 0 saturated carbocycles. The Kier molecular flexibility index (Phi) is 6.65. The molecule has 0 radical (unpaired) electrons. The first-order valence-electron chi connectivity index (χ1n) is 10.3. The summed E-state index contributed by atoms with van der Waals surface area (Å²) in [7, 11) is 4.24. The number of ether oxygens (including phenoxy) is 1. The number of rotatable bonds is 6. The third kappa shape index (κ3) is 5.48. The van der Waals surface area contributed by atoms with E-state index in [0.29, 0.717) is 27.4 Å². The summed E-state index contributed by atoms with van der Waals surface area (Å²) in [5.41, 5.74) is 4.18. The van der Waals surface area contributed by atoms with Gasteiger partial charge < -0.3 is 15.0 Å². The molecule has 4 rings (SSSR count). The first-order valence-corrected chi connectivity index (χ1v) is 11.1. The fraction of sp³-hybridized carbons (Fsp3) is 0.333. The minimum Gasteiger partial charge on any atom is -0.482 e. The van der Waals surface area contributed by atoms with Gasteiger partial charge in [-0.05, 0) is 87.3 Å². The Balaban J connectivity index is 1.42. The topological polar surface area (TPSA) is 54.5 Å². The van der Waals surface area contributed by atoms with Gasteiger partial charge >= 0.3 is 0 Å². The van der Waals surface area contributed by atoms with E-state index >= 15 is 0 Å². The van der Waals surface area contributed by atoms with Crippen molar-refractivity contribution < 1.29 is 9.53 Å². The van der Waals surface area contributed by atoms with Crippen molar-refractivity contribution in [2.75, 3.05) is 32.6 Å². The van der Waals surface area contributed by atoms with Gasteiger partial charge in [0.05, 0.1) is 10.5 Å². The number of nitrogens with one attached hydrogen (secondary N) is 1. The van der Waals surface area contributed by atoms with E-state index in [-0.39, 0.29) is 12.5 Å². The molecule has 1 atom stereocenters. The van der Waals surface area contributed by atoms with Gasteiger partial charge in [-0.2, -0.15) is 0 Å². The molecule has 0 fully saturated rings. The molecular weight excluding hydrogens is 433 g/mol. The van der Waals surface area contributed by atoms with E-state index < -0.39 is 0 Å². The van der Waals surface area contributed by atoms with Gasteiger partial charge in [0.2, 0.25) is 0 Å². The smallest absolute Gasteiger partial charge is 0.262 e. The third-order valence-corrected chi connectivity index (χ3v) is 5.98. The molecule has 5 nitrogen and oxygen atoms in total. The van der Waals surface area contributed by atoms with Gasteiger partial charge in [-0.3, -0.25) is 9.78 Å². The largest absolute Gasteiger partial charge is 0.482 e. The van der Waals surface area contributed by atoms with Crippen LogP contribution in [0.15, 0.2) is 42.5 Å². The first kappa shape index (κ1) is 21.9. The molecular formula is C24H25Cl2N3O2. The summed E-state index contributed by atoms with van der Waals surface area (Å²) in [6.45, 7) is 0.947. The second-order valence-corrected chi connectivity index (χ2v) is 9.13. The van der Waals surface area contributed by atoms with E-state index in [1.807, 2.05) is 18.2 Å². The molecule has 162 valence electrons. The number of fused-ring (bicyclic) bond motifs is 2. The van der Waals surface area contributed by atoms with Crippen LogP contribution in [0, 0.1) is 5.92 Å². The number of hydrogen-bond donors (Lipinski definition) is 1. The van der Waals surface area contributed by atoms with Gasteiger partial charge in [0, 0.05) is 28.3 Å². The number of nitrogens with zero attached hydrogens (tertiary/aromatic N) is 2. The number of benzene rings is 2. The van der Waals surface area contributed by atoms with E-state index in [0.717, 1.165) is 30.3 Å². The van der Waals surface area contributed by atoms with Gasteiger partial charge in [-0.15, -0.1) is 0 Å². The number of aryl methyl sites for hydroxylation is 1. The molecule has 1 unspecified atom stereocenters. The predicted molar refractivity (Wildman–Crippen MR) is 126 cm³/mol. The number of halogens is 2.